The number of para-hydroxylation sites is 2. The molecule has 0 spiro atoms. The van der Waals surface area contributed by atoms with Crippen LogP contribution in [0.1, 0.15) is 22.3 Å². The van der Waals surface area contributed by atoms with Crippen LogP contribution in [0, 0.1) is 5.92 Å². The van der Waals surface area contributed by atoms with Crippen LogP contribution in [0.15, 0.2) is 48.5 Å². The van der Waals surface area contributed by atoms with E-state index in [9.17, 15) is 14.4 Å². The number of methoxy groups -OCH3 is 2. The summed E-state index contributed by atoms with van der Waals surface area (Å²) in [5, 5.41) is 2.87. The third-order valence-corrected chi connectivity index (χ3v) is 4.74. The van der Waals surface area contributed by atoms with Crippen molar-refractivity contribution in [2.75, 3.05) is 25.7 Å². The highest BCUT2D eigenvalue weighted by molar-refractivity contribution is 6.05. The molecule has 0 bridgehead atoms. The van der Waals surface area contributed by atoms with E-state index in [2.05, 4.69) is 5.32 Å². The molecule has 1 aliphatic rings. The number of nitrogens with zero attached hydrogens (tertiary/aromatic N) is 1. The molecule has 2 aromatic carbocycles. The van der Waals surface area contributed by atoms with Crippen molar-refractivity contribution in [2.24, 2.45) is 5.92 Å². The Labute approximate surface area is 163 Å². The van der Waals surface area contributed by atoms with Gasteiger partial charge in [0.2, 0.25) is 11.8 Å². The summed E-state index contributed by atoms with van der Waals surface area (Å²) < 4.78 is 10.1. The Morgan fingerprint density at radius 2 is 1.82 bits per heavy atom. The van der Waals surface area contributed by atoms with Crippen LogP contribution in [0.2, 0.25) is 0 Å². The second kappa shape index (κ2) is 8.56. The summed E-state index contributed by atoms with van der Waals surface area (Å²) in [5.74, 6) is -0.731. The van der Waals surface area contributed by atoms with E-state index in [1.807, 2.05) is 24.3 Å². The van der Waals surface area contributed by atoms with Crippen LogP contribution in [0.25, 0.3) is 0 Å². The van der Waals surface area contributed by atoms with Gasteiger partial charge < -0.3 is 19.7 Å². The van der Waals surface area contributed by atoms with Crippen molar-refractivity contribution in [3.63, 3.8) is 0 Å². The highest BCUT2D eigenvalue weighted by Crippen LogP contribution is 2.29. The minimum atomic E-state index is -0.521. The molecule has 1 saturated heterocycles. The van der Waals surface area contributed by atoms with Crippen molar-refractivity contribution < 1.29 is 23.9 Å². The molecule has 0 aromatic heterocycles. The van der Waals surface area contributed by atoms with Gasteiger partial charge in [-0.3, -0.25) is 9.59 Å². The molecule has 0 saturated carbocycles. The number of carbonyl (C=O) groups is 3. The van der Waals surface area contributed by atoms with Crippen LogP contribution >= 0.6 is 0 Å². The Morgan fingerprint density at radius 1 is 1.11 bits per heavy atom. The molecule has 1 heterocycles. The van der Waals surface area contributed by atoms with Crippen molar-refractivity contribution in [1.29, 1.82) is 0 Å². The lowest BCUT2D eigenvalue weighted by atomic mass is 10.1. The van der Waals surface area contributed by atoms with Crippen molar-refractivity contribution >= 4 is 23.5 Å². The molecule has 1 unspecified atom stereocenters. The van der Waals surface area contributed by atoms with Crippen LogP contribution in [0.4, 0.5) is 5.69 Å². The van der Waals surface area contributed by atoms with Crippen LogP contribution in [0.5, 0.6) is 5.75 Å². The topological polar surface area (TPSA) is 84.9 Å². The molecule has 2 aromatic rings. The first-order chi connectivity index (χ1) is 13.5. The van der Waals surface area contributed by atoms with Crippen molar-refractivity contribution in [3.05, 3.63) is 59.7 Å². The lowest BCUT2D eigenvalue weighted by Gasteiger charge is -2.19. The number of benzene rings is 2. The van der Waals surface area contributed by atoms with Gasteiger partial charge in [-0.05, 0) is 18.2 Å². The third-order valence-electron chi connectivity index (χ3n) is 4.74. The summed E-state index contributed by atoms with van der Waals surface area (Å²) in [6.45, 7) is 0.525. The standard InChI is InChI=1S/C21H22N2O5/c1-27-18-10-6-3-7-14(18)12-22-20(25)15-11-19(24)23(13-15)17-9-5-4-8-16(17)21(26)28-2/h3-10,15H,11-13H2,1-2H3,(H,22,25). The van der Waals surface area contributed by atoms with Gasteiger partial charge >= 0.3 is 5.97 Å². The van der Waals surface area contributed by atoms with E-state index >= 15 is 0 Å². The summed E-state index contributed by atoms with van der Waals surface area (Å²) in [6, 6.07) is 14.1. The highest BCUT2D eigenvalue weighted by atomic mass is 16.5. The quantitative estimate of drug-likeness (QED) is 0.774. The zero-order valence-electron chi connectivity index (χ0n) is 15.8. The van der Waals surface area contributed by atoms with Gasteiger partial charge in [-0.15, -0.1) is 0 Å². The molecule has 1 fully saturated rings. The number of hydrogen-bond donors (Lipinski definition) is 1. The monoisotopic (exact) mass is 382 g/mol. The van der Waals surface area contributed by atoms with Gasteiger partial charge in [0, 0.05) is 25.1 Å². The van der Waals surface area contributed by atoms with Crippen LogP contribution in [-0.4, -0.2) is 38.5 Å². The molecule has 3 rings (SSSR count). The first-order valence-corrected chi connectivity index (χ1v) is 8.92. The van der Waals surface area contributed by atoms with E-state index in [1.54, 1.807) is 31.4 Å². The molecule has 1 N–H and O–H groups in total. The number of hydrogen-bond acceptors (Lipinski definition) is 5. The average molecular weight is 382 g/mol. The Balaban J connectivity index is 1.69. The number of rotatable bonds is 6. The fourth-order valence-electron chi connectivity index (χ4n) is 3.28. The van der Waals surface area contributed by atoms with Gasteiger partial charge in [-0.1, -0.05) is 30.3 Å². The summed E-state index contributed by atoms with van der Waals surface area (Å²) in [4.78, 5) is 38.5. The molecule has 0 radical (unpaired) electrons. The number of amides is 2. The summed E-state index contributed by atoms with van der Waals surface area (Å²) >= 11 is 0. The fourth-order valence-corrected chi connectivity index (χ4v) is 3.28. The summed E-state index contributed by atoms with van der Waals surface area (Å²) in [6.07, 6.45) is 0.0905. The third kappa shape index (κ3) is 3.98. The Hall–Kier alpha value is -3.35. The molecule has 2 amide bonds. The minimum Gasteiger partial charge on any atom is -0.496 e. The Kier molecular flexibility index (Phi) is 5.93. The van der Waals surface area contributed by atoms with Crippen molar-refractivity contribution in [3.8, 4) is 5.75 Å². The fraction of sp³-hybridized carbons (Fsp3) is 0.286. The zero-order chi connectivity index (χ0) is 20.1. The summed E-state index contributed by atoms with van der Waals surface area (Å²) in [5.41, 5.74) is 1.61. The normalized spacial score (nSPS) is 16.0. The molecular formula is C21H22N2O5. The summed E-state index contributed by atoms with van der Waals surface area (Å²) in [7, 11) is 2.87. The van der Waals surface area contributed by atoms with E-state index in [-0.39, 0.29) is 24.8 Å². The van der Waals surface area contributed by atoms with Gasteiger partial charge in [-0.25, -0.2) is 4.79 Å². The largest absolute Gasteiger partial charge is 0.496 e. The molecular weight excluding hydrogens is 360 g/mol. The lowest BCUT2D eigenvalue weighted by molar-refractivity contribution is -0.126. The smallest absolute Gasteiger partial charge is 0.339 e. The van der Waals surface area contributed by atoms with Crippen LogP contribution in [-0.2, 0) is 20.9 Å². The molecule has 28 heavy (non-hydrogen) atoms. The highest BCUT2D eigenvalue weighted by Gasteiger charge is 2.36. The zero-order valence-corrected chi connectivity index (χ0v) is 15.8. The molecule has 1 aliphatic heterocycles. The van der Waals surface area contributed by atoms with Gasteiger partial charge in [0.25, 0.3) is 0 Å². The lowest BCUT2D eigenvalue weighted by Crippen LogP contribution is -2.33. The van der Waals surface area contributed by atoms with E-state index in [0.717, 1.165) is 5.56 Å². The predicted molar refractivity (Wildman–Crippen MR) is 103 cm³/mol. The van der Waals surface area contributed by atoms with Crippen molar-refractivity contribution in [2.45, 2.75) is 13.0 Å². The molecule has 146 valence electrons. The van der Waals surface area contributed by atoms with E-state index in [4.69, 9.17) is 9.47 Å². The maximum Gasteiger partial charge on any atom is 0.339 e. The van der Waals surface area contributed by atoms with Crippen LogP contribution in [0.3, 0.4) is 0 Å². The van der Waals surface area contributed by atoms with E-state index in [1.165, 1.54) is 12.0 Å². The minimum absolute atomic E-state index is 0.0905. The van der Waals surface area contributed by atoms with Gasteiger partial charge in [0.05, 0.1) is 31.4 Å². The van der Waals surface area contributed by atoms with E-state index in [0.29, 0.717) is 23.5 Å². The number of esters is 1. The van der Waals surface area contributed by atoms with Gasteiger partial charge in [0.15, 0.2) is 0 Å². The second-order valence-electron chi connectivity index (χ2n) is 6.44. The Bertz CT molecular complexity index is 896. The van der Waals surface area contributed by atoms with Crippen LogP contribution < -0.4 is 15.0 Å². The first kappa shape index (κ1) is 19.4. The van der Waals surface area contributed by atoms with E-state index < -0.39 is 11.9 Å². The average Bonchev–Trinajstić information content (AvgIpc) is 3.13. The Morgan fingerprint density at radius 3 is 2.57 bits per heavy atom. The van der Waals surface area contributed by atoms with Gasteiger partial charge in [0.1, 0.15) is 5.75 Å². The molecule has 0 aliphatic carbocycles. The first-order valence-electron chi connectivity index (χ1n) is 8.92. The van der Waals surface area contributed by atoms with Crippen molar-refractivity contribution in [1.82, 2.24) is 5.32 Å². The number of carbonyl (C=O) groups excluding carboxylic acids is 3. The predicted octanol–water partition coefficient (Wildman–Crippen LogP) is 2.15. The maximum atomic E-state index is 12.6. The molecule has 7 nitrogen and oxygen atoms in total. The maximum absolute atomic E-state index is 12.6. The SMILES string of the molecule is COC(=O)c1ccccc1N1CC(C(=O)NCc2ccccc2OC)CC1=O. The number of ether oxygens (including phenoxy) is 2. The number of anilines is 1. The molecule has 1 atom stereocenters. The number of nitrogens with one attached hydrogen (secondary N) is 1. The second-order valence-corrected chi connectivity index (χ2v) is 6.44. The van der Waals surface area contributed by atoms with Gasteiger partial charge in [-0.2, -0.15) is 0 Å². The molecule has 7 heteroatoms.